The van der Waals surface area contributed by atoms with Crippen molar-refractivity contribution < 1.29 is 4.79 Å². The Morgan fingerprint density at radius 3 is 2.40 bits per heavy atom. The Labute approximate surface area is 88.6 Å². The lowest BCUT2D eigenvalue weighted by molar-refractivity contribution is 0.0816. The predicted molar refractivity (Wildman–Crippen MR) is 57.6 cm³/mol. The molecule has 0 unspecified atom stereocenters. The number of carbonyl (C=O) groups is 1. The van der Waals surface area contributed by atoms with Crippen molar-refractivity contribution in [2.75, 3.05) is 19.0 Å². The van der Waals surface area contributed by atoms with Gasteiger partial charge in [0, 0.05) is 21.1 Å². The maximum atomic E-state index is 12.0. The Morgan fingerprint density at radius 2 is 1.80 bits per heavy atom. The van der Waals surface area contributed by atoms with E-state index in [0.29, 0.717) is 17.3 Å². The fourth-order valence-electron chi connectivity index (χ4n) is 1.69. The SMILES string of the molecule is C=C1N(C)C(=O)c2c(nc(C)n2C)N1C. The molecule has 0 aliphatic carbocycles. The van der Waals surface area contributed by atoms with Gasteiger partial charge in [0.25, 0.3) is 5.91 Å². The monoisotopic (exact) mass is 206 g/mol. The van der Waals surface area contributed by atoms with Crippen molar-refractivity contribution >= 4 is 11.7 Å². The number of nitrogens with zero attached hydrogens (tertiary/aromatic N) is 4. The van der Waals surface area contributed by atoms with Crippen molar-refractivity contribution in [2.24, 2.45) is 7.05 Å². The first-order chi connectivity index (χ1) is 6.95. The number of anilines is 1. The van der Waals surface area contributed by atoms with E-state index in [4.69, 9.17) is 0 Å². The van der Waals surface area contributed by atoms with E-state index >= 15 is 0 Å². The van der Waals surface area contributed by atoms with Crippen LogP contribution in [0.2, 0.25) is 0 Å². The van der Waals surface area contributed by atoms with Gasteiger partial charge in [-0.1, -0.05) is 6.58 Å². The summed E-state index contributed by atoms with van der Waals surface area (Å²) in [5.74, 6) is 2.09. The highest BCUT2D eigenvalue weighted by atomic mass is 16.2. The van der Waals surface area contributed by atoms with Crippen LogP contribution in [0.1, 0.15) is 16.3 Å². The van der Waals surface area contributed by atoms with Gasteiger partial charge < -0.3 is 9.47 Å². The fraction of sp³-hybridized carbons (Fsp3) is 0.400. The van der Waals surface area contributed by atoms with Gasteiger partial charge in [-0.15, -0.1) is 0 Å². The van der Waals surface area contributed by atoms with Gasteiger partial charge in [0.05, 0.1) is 0 Å². The fourth-order valence-corrected chi connectivity index (χ4v) is 1.69. The highest BCUT2D eigenvalue weighted by Gasteiger charge is 2.32. The van der Waals surface area contributed by atoms with Crippen LogP contribution in [0.5, 0.6) is 0 Å². The van der Waals surface area contributed by atoms with Gasteiger partial charge in [0.15, 0.2) is 11.5 Å². The molecule has 5 nitrogen and oxygen atoms in total. The molecule has 0 fully saturated rings. The van der Waals surface area contributed by atoms with Crippen LogP contribution in [0.25, 0.3) is 0 Å². The van der Waals surface area contributed by atoms with Gasteiger partial charge in [0.1, 0.15) is 11.6 Å². The lowest BCUT2D eigenvalue weighted by Crippen LogP contribution is -2.40. The molecule has 0 bridgehead atoms. The number of aromatic nitrogens is 2. The van der Waals surface area contributed by atoms with Crippen LogP contribution in [0, 0.1) is 6.92 Å². The summed E-state index contributed by atoms with van der Waals surface area (Å²) in [4.78, 5) is 19.7. The van der Waals surface area contributed by atoms with Crippen molar-refractivity contribution in [1.82, 2.24) is 14.5 Å². The summed E-state index contributed by atoms with van der Waals surface area (Å²) in [6.45, 7) is 5.72. The number of aryl methyl sites for hydroxylation is 1. The third-order valence-corrected chi connectivity index (χ3v) is 2.90. The van der Waals surface area contributed by atoms with Crippen LogP contribution in [0.3, 0.4) is 0 Å². The second-order valence-electron chi connectivity index (χ2n) is 3.73. The summed E-state index contributed by atoms with van der Waals surface area (Å²) in [5, 5.41) is 0. The predicted octanol–water partition coefficient (Wildman–Crippen LogP) is 0.722. The quantitative estimate of drug-likeness (QED) is 0.628. The summed E-state index contributed by atoms with van der Waals surface area (Å²) >= 11 is 0. The molecule has 80 valence electrons. The average Bonchev–Trinajstić information content (AvgIpc) is 2.50. The van der Waals surface area contributed by atoms with E-state index in [2.05, 4.69) is 11.6 Å². The van der Waals surface area contributed by atoms with Crippen molar-refractivity contribution in [1.29, 1.82) is 0 Å². The number of fused-ring (bicyclic) bond motifs is 1. The molecule has 1 aromatic heterocycles. The van der Waals surface area contributed by atoms with Gasteiger partial charge in [-0.25, -0.2) is 4.98 Å². The number of rotatable bonds is 0. The zero-order valence-corrected chi connectivity index (χ0v) is 9.40. The third-order valence-electron chi connectivity index (χ3n) is 2.90. The van der Waals surface area contributed by atoms with Crippen LogP contribution in [-0.2, 0) is 7.05 Å². The van der Waals surface area contributed by atoms with E-state index in [1.807, 2.05) is 25.9 Å². The minimum Gasteiger partial charge on any atom is -0.325 e. The second kappa shape index (κ2) is 2.85. The van der Waals surface area contributed by atoms with Crippen molar-refractivity contribution in [2.45, 2.75) is 6.92 Å². The van der Waals surface area contributed by atoms with Gasteiger partial charge >= 0.3 is 0 Å². The highest BCUT2D eigenvalue weighted by Crippen LogP contribution is 2.29. The molecule has 2 rings (SSSR count). The third kappa shape index (κ3) is 1.09. The van der Waals surface area contributed by atoms with E-state index in [1.165, 1.54) is 4.90 Å². The molecule has 0 spiro atoms. The lowest BCUT2D eigenvalue weighted by atomic mass is 10.3. The molecule has 1 amide bonds. The molecule has 0 saturated carbocycles. The second-order valence-corrected chi connectivity index (χ2v) is 3.73. The topological polar surface area (TPSA) is 41.4 Å². The summed E-state index contributed by atoms with van der Waals surface area (Å²) in [5.41, 5.74) is 0.616. The number of carbonyl (C=O) groups excluding carboxylic acids is 1. The number of imidazole rings is 1. The Balaban J connectivity index is 2.69. The van der Waals surface area contributed by atoms with Gasteiger partial charge in [-0.3, -0.25) is 9.69 Å². The minimum absolute atomic E-state index is 0.0591. The maximum Gasteiger partial charge on any atom is 0.279 e. The van der Waals surface area contributed by atoms with Crippen LogP contribution < -0.4 is 4.90 Å². The Bertz CT molecular complexity index is 460. The van der Waals surface area contributed by atoms with Gasteiger partial charge in [0.2, 0.25) is 0 Å². The van der Waals surface area contributed by atoms with Crippen LogP contribution in [-0.4, -0.2) is 34.5 Å². The molecule has 1 aliphatic heterocycles. The van der Waals surface area contributed by atoms with Crippen LogP contribution in [0.4, 0.5) is 5.82 Å². The largest absolute Gasteiger partial charge is 0.325 e. The summed E-state index contributed by atoms with van der Waals surface area (Å²) in [7, 11) is 5.41. The van der Waals surface area contributed by atoms with E-state index in [1.54, 1.807) is 11.6 Å². The number of amides is 1. The number of hydrogen-bond acceptors (Lipinski definition) is 3. The van der Waals surface area contributed by atoms with Crippen molar-refractivity contribution in [3.8, 4) is 0 Å². The first-order valence-electron chi connectivity index (χ1n) is 4.69. The first-order valence-corrected chi connectivity index (χ1v) is 4.69. The van der Waals surface area contributed by atoms with E-state index in [-0.39, 0.29) is 5.91 Å². The molecular weight excluding hydrogens is 192 g/mol. The molecule has 0 saturated heterocycles. The van der Waals surface area contributed by atoms with Gasteiger partial charge in [-0.05, 0) is 6.92 Å². The molecule has 15 heavy (non-hydrogen) atoms. The average molecular weight is 206 g/mol. The Kier molecular flexibility index (Phi) is 1.86. The molecular formula is C10H14N4O. The number of hydrogen-bond donors (Lipinski definition) is 0. The zero-order valence-electron chi connectivity index (χ0n) is 9.40. The molecule has 1 aromatic rings. The standard InChI is InChI=1S/C10H14N4O/c1-6-11-9-8(12(6)3)10(15)14(5)7(2)13(9)4/h2H2,1,3-5H3. The molecule has 0 radical (unpaired) electrons. The molecule has 1 aliphatic rings. The molecule has 0 N–H and O–H groups in total. The Morgan fingerprint density at radius 1 is 1.20 bits per heavy atom. The molecule has 0 aromatic carbocycles. The summed E-state index contributed by atoms with van der Waals surface area (Å²) < 4.78 is 1.80. The van der Waals surface area contributed by atoms with E-state index in [0.717, 1.165) is 5.82 Å². The Hall–Kier alpha value is -1.78. The van der Waals surface area contributed by atoms with Crippen molar-refractivity contribution in [3.63, 3.8) is 0 Å². The zero-order chi connectivity index (χ0) is 11.3. The van der Waals surface area contributed by atoms with Crippen LogP contribution in [0.15, 0.2) is 12.4 Å². The highest BCUT2D eigenvalue weighted by molar-refractivity contribution is 6.01. The smallest absolute Gasteiger partial charge is 0.279 e. The van der Waals surface area contributed by atoms with Crippen LogP contribution >= 0.6 is 0 Å². The van der Waals surface area contributed by atoms with Crippen molar-refractivity contribution in [3.05, 3.63) is 23.9 Å². The summed E-state index contributed by atoms with van der Waals surface area (Å²) in [6, 6.07) is 0. The molecule has 5 heteroatoms. The maximum absolute atomic E-state index is 12.0. The normalized spacial score (nSPS) is 16.0. The van der Waals surface area contributed by atoms with Gasteiger partial charge in [-0.2, -0.15) is 0 Å². The molecule has 2 heterocycles. The lowest BCUT2D eigenvalue weighted by Gasteiger charge is -2.32. The minimum atomic E-state index is -0.0591. The van der Waals surface area contributed by atoms with E-state index in [9.17, 15) is 4.79 Å². The summed E-state index contributed by atoms with van der Waals surface area (Å²) in [6.07, 6.45) is 0. The van der Waals surface area contributed by atoms with E-state index < -0.39 is 0 Å². The first kappa shape index (κ1) is 9.76. The molecule has 0 atom stereocenters.